The molecular formula is C18H26IN7O2. The van der Waals surface area contributed by atoms with Crippen LogP contribution in [0.1, 0.15) is 22.2 Å². The van der Waals surface area contributed by atoms with Crippen molar-refractivity contribution in [3.8, 4) is 0 Å². The van der Waals surface area contributed by atoms with Crippen LogP contribution in [0.3, 0.4) is 0 Å². The van der Waals surface area contributed by atoms with Crippen molar-refractivity contribution in [2.45, 2.75) is 13.5 Å². The van der Waals surface area contributed by atoms with E-state index in [2.05, 4.69) is 32.0 Å². The second-order valence-corrected chi connectivity index (χ2v) is 6.29. The number of rotatable bonds is 5. The van der Waals surface area contributed by atoms with Crippen molar-refractivity contribution in [2.24, 2.45) is 12.0 Å². The first-order valence-electron chi connectivity index (χ1n) is 8.92. The van der Waals surface area contributed by atoms with Gasteiger partial charge in [0.05, 0.1) is 6.26 Å². The van der Waals surface area contributed by atoms with Crippen LogP contribution in [0.25, 0.3) is 0 Å². The summed E-state index contributed by atoms with van der Waals surface area (Å²) < 4.78 is 7.13. The normalized spacial score (nSPS) is 14.6. The van der Waals surface area contributed by atoms with E-state index in [-0.39, 0.29) is 29.9 Å². The topological polar surface area (TPSA) is 91.8 Å². The average Bonchev–Trinajstić information content (AvgIpc) is 3.33. The quantitative estimate of drug-likeness (QED) is 0.290. The minimum Gasteiger partial charge on any atom is -0.459 e. The third-order valence-corrected chi connectivity index (χ3v) is 4.56. The minimum atomic E-state index is -0.0771. The Hall–Kier alpha value is -2.37. The lowest BCUT2D eigenvalue weighted by molar-refractivity contribution is 0.0658. The Kier molecular flexibility index (Phi) is 8.03. The summed E-state index contributed by atoms with van der Waals surface area (Å²) in [6.07, 6.45) is 3.31. The van der Waals surface area contributed by atoms with Crippen molar-refractivity contribution < 1.29 is 9.21 Å². The molecule has 2 aromatic rings. The first-order valence-corrected chi connectivity index (χ1v) is 8.92. The Morgan fingerprint density at radius 3 is 2.61 bits per heavy atom. The van der Waals surface area contributed by atoms with Crippen molar-refractivity contribution in [3.63, 3.8) is 0 Å². The van der Waals surface area contributed by atoms with Gasteiger partial charge in [0.2, 0.25) is 0 Å². The van der Waals surface area contributed by atoms with Crippen LogP contribution in [0.15, 0.2) is 40.5 Å². The van der Waals surface area contributed by atoms with Crippen molar-refractivity contribution in [1.29, 1.82) is 0 Å². The number of guanidine groups is 1. The third kappa shape index (κ3) is 5.12. The van der Waals surface area contributed by atoms with Gasteiger partial charge in [-0.25, -0.2) is 4.99 Å². The number of furan rings is 1. The lowest BCUT2D eigenvalue weighted by Gasteiger charge is -2.36. The Morgan fingerprint density at radius 2 is 2.04 bits per heavy atom. The number of hydrogen-bond donors (Lipinski definition) is 1. The number of nitrogens with one attached hydrogen (secondary N) is 1. The summed E-state index contributed by atoms with van der Waals surface area (Å²) >= 11 is 0. The van der Waals surface area contributed by atoms with Crippen molar-refractivity contribution in [1.82, 2.24) is 29.9 Å². The molecule has 0 aromatic carbocycles. The summed E-state index contributed by atoms with van der Waals surface area (Å²) in [5.74, 6) is 2.73. The zero-order valence-corrected chi connectivity index (χ0v) is 18.5. The van der Waals surface area contributed by atoms with E-state index in [1.165, 1.54) is 6.26 Å². The van der Waals surface area contributed by atoms with Gasteiger partial charge in [-0.05, 0) is 19.1 Å². The molecule has 2 aromatic heterocycles. The second-order valence-electron chi connectivity index (χ2n) is 6.29. The summed E-state index contributed by atoms with van der Waals surface area (Å²) in [4.78, 5) is 21.0. The Bertz CT molecular complexity index is 808. The van der Waals surface area contributed by atoms with Crippen molar-refractivity contribution >= 4 is 35.8 Å². The number of nitrogens with zero attached hydrogens (tertiary/aromatic N) is 6. The van der Waals surface area contributed by atoms with Crippen molar-refractivity contribution in [2.75, 3.05) is 32.7 Å². The van der Waals surface area contributed by atoms with E-state index in [4.69, 9.17) is 4.42 Å². The molecule has 1 N–H and O–H groups in total. The average molecular weight is 499 g/mol. The maximum atomic E-state index is 12.4. The highest BCUT2D eigenvalue weighted by atomic mass is 127. The molecule has 0 bridgehead atoms. The number of aromatic nitrogens is 3. The molecule has 28 heavy (non-hydrogen) atoms. The van der Waals surface area contributed by atoms with Gasteiger partial charge in [-0.3, -0.25) is 4.79 Å². The van der Waals surface area contributed by atoms with E-state index in [0.29, 0.717) is 45.0 Å². The van der Waals surface area contributed by atoms with Crippen LogP contribution in [0.2, 0.25) is 0 Å². The second kappa shape index (κ2) is 10.2. The minimum absolute atomic E-state index is 0. The lowest BCUT2D eigenvalue weighted by atomic mass is 10.3. The predicted octanol–water partition coefficient (Wildman–Crippen LogP) is 1.42. The number of carbonyl (C=O) groups excluding carboxylic acids is 1. The van der Waals surface area contributed by atoms with Crippen LogP contribution in [-0.4, -0.2) is 69.2 Å². The highest BCUT2D eigenvalue weighted by molar-refractivity contribution is 14.0. The first kappa shape index (κ1) is 21.9. The Morgan fingerprint density at radius 1 is 1.32 bits per heavy atom. The van der Waals surface area contributed by atoms with Gasteiger partial charge in [0.15, 0.2) is 17.5 Å². The SMILES string of the molecule is C=CCNC(=NCc1nnc(C)n1C)N1CCN(C(=O)c2ccco2)CC1.I. The highest BCUT2D eigenvalue weighted by Gasteiger charge is 2.25. The summed E-state index contributed by atoms with van der Waals surface area (Å²) in [7, 11) is 1.93. The Balaban J connectivity index is 0.00000280. The molecular weight excluding hydrogens is 473 g/mol. The molecule has 3 rings (SSSR count). The summed E-state index contributed by atoms with van der Waals surface area (Å²) in [6.45, 7) is 9.30. The fourth-order valence-corrected chi connectivity index (χ4v) is 2.84. The van der Waals surface area contributed by atoms with Crippen LogP contribution in [0.5, 0.6) is 0 Å². The molecule has 0 aliphatic carbocycles. The number of aliphatic imine (C=N–C) groups is 1. The molecule has 0 spiro atoms. The number of halogens is 1. The van der Waals surface area contributed by atoms with Crippen molar-refractivity contribution in [3.05, 3.63) is 48.5 Å². The molecule has 152 valence electrons. The fraction of sp³-hybridized carbons (Fsp3) is 0.444. The molecule has 0 atom stereocenters. The van der Waals surface area contributed by atoms with Crippen LogP contribution in [0, 0.1) is 6.92 Å². The zero-order valence-electron chi connectivity index (χ0n) is 16.2. The predicted molar refractivity (Wildman–Crippen MR) is 117 cm³/mol. The molecule has 0 saturated carbocycles. The molecule has 1 saturated heterocycles. The Labute approximate surface area is 181 Å². The van der Waals surface area contributed by atoms with Gasteiger partial charge in [0.25, 0.3) is 5.91 Å². The van der Waals surface area contributed by atoms with E-state index in [1.807, 2.05) is 18.5 Å². The largest absolute Gasteiger partial charge is 0.459 e. The molecule has 0 radical (unpaired) electrons. The number of piperazine rings is 1. The zero-order chi connectivity index (χ0) is 19.2. The molecule has 3 heterocycles. The van der Waals surface area contributed by atoms with E-state index in [9.17, 15) is 4.79 Å². The number of amides is 1. The monoisotopic (exact) mass is 499 g/mol. The maximum absolute atomic E-state index is 12.4. The fourth-order valence-electron chi connectivity index (χ4n) is 2.84. The van der Waals surface area contributed by atoms with Gasteiger partial charge in [-0.15, -0.1) is 40.8 Å². The van der Waals surface area contributed by atoms with Gasteiger partial charge < -0.3 is 24.1 Å². The molecule has 1 fully saturated rings. The standard InChI is InChI=1S/C18H25N7O2.HI/c1-4-7-19-18(20-13-16-22-21-14(2)23(16)3)25-10-8-24(9-11-25)17(26)15-6-5-12-27-15;/h4-6,12H,1,7-11,13H2,2-3H3,(H,19,20);1H. The lowest BCUT2D eigenvalue weighted by Crippen LogP contribution is -2.53. The van der Waals surface area contributed by atoms with E-state index in [0.717, 1.165) is 17.6 Å². The number of hydrogen-bond acceptors (Lipinski definition) is 5. The van der Waals surface area contributed by atoms with Crippen LogP contribution in [0.4, 0.5) is 0 Å². The summed E-state index contributed by atoms with van der Waals surface area (Å²) in [6, 6.07) is 3.41. The van der Waals surface area contributed by atoms with Gasteiger partial charge in [0, 0.05) is 39.8 Å². The van der Waals surface area contributed by atoms with E-state index >= 15 is 0 Å². The first-order chi connectivity index (χ1) is 13.1. The molecule has 0 unspecified atom stereocenters. The van der Waals surface area contributed by atoms with E-state index in [1.54, 1.807) is 23.1 Å². The van der Waals surface area contributed by atoms with Gasteiger partial charge in [-0.2, -0.15) is 0 Å². The van der Waals surface area contributed by atoms with Crippen LogP contribution in [-0.2, 0) is 13.6 Å². The maximum Gasteiger partial charge on any atom is 0.289 e. The van der Waals surface area contributed by atoms with Crippen LogP contribution >= 0.6 is 24.0 Å². The van der Waals surface area contributed by atoms with E-state index < -0.39 is 0 Å². The molecule has 1 amide bonds. The van der Waals surface area contributed by atoms with Gasteiger partial charge in [0.1, 0.15) is 12.4 Å². The molecule has 9 nitrogen and oxygen atoms in total. The summed E-state index contributed by atoms with van der Waals surface area (Å²) in [5, 5.41) is 11.5. The molecule has 10 heteroatoms. The number of carbonyl (C=O) groups is 1. The summed E-state index contributed by atoms with van der Waals surface area (Å²) in [5.41, 5.74) is 0. The smallest absolute Gasteiger partial charge is 0.289 e. The highest BCUT2D eigenvalue weighted by Crippen LogP contribution is 2.10. The van der Waals surface area contributed by atoms with Gasteiger partial charge >= 0.3 is 0 Å². The van der Waals surface area contributed by atoms with Crippen LogP contribution < -0.4 is 5.32 Å². The van der Waals surface area contributed by atoms with Gasteiger partial charge in [-0.1, -0.05) is 6.08 Å². The third-order valence-electron chi connectivity index (χ3n) is 4.56. The molecule has 1 aliphatic heterocycles. The number of aryl methyl sites for hydroxylation is 1. The molecule has 1 aliphatic rings.